The van der Waals surface area contributed by atoms with Gasteiger partial charge in [0.2, 0.25) is 10.0 Å². The van der Waals surface area contributed by atoms with Gasteiger partial charge in [-0.2, -0.15) is 9.41 Å². The molecule has 0 saturated carbocycles. The topological polar surface area (TPSA) is 121 Å². The summed E-state index contributed by atoms with van der Waals surface area (Å²) in [6, 6.07) is 21.6. The first kappa shape index (κ1) is 30.0. The number of rotatable bonds is 9. The van der Waals surface area contributed by atoms with Crippen LogP contribution in [0.15, 0.2) is 93.3 Å². The Labute approximate surface area is 247 Å². The molecular weight excluding hydrogens is 587 g/mol. The Bertz CT molecular complexity index is 1690. The van der Waals surface area contributed by atoms with Gasteiger partial charge >= 0.3 is 11.8 Å². The van der Waals surface area contributed by atoms with Crippen LogP contribution >= 0.6 is 23.2 Å². The summed E-state index contributed by atoms with van der Waals surface area (Å²) in [6.45, 7) is 3.75. The molecule has 0 spiro atoms. The van der Waals surface area contributed by atoms with Gasteiger partial charge in [-0.3, -0.25) is 9.59 Å². The standard InChI is InChI=1S/C29H26Cl2N4O5S/c1-19-3-6-21(7-4-19)17-35(41(38,39)26-13-9-22(30)10-14-26)18-25-12-11-24(40-25)16-32-34-29(37)28(36)33-27-15-23(31)8-5-20(27)2/h3-16H,17-18H2,1-2H3,(H,33,36)(H,34,37)/b32-16+. The fourth-order valence-corrected chi connectivity index (χ4v) is 5.41. The molecule has 0 fully saturated rings. The van der Waals surface area contributed by atoms with E-state index in [1.165, 1.54) is 40.9 Å². The van der Waals surface area contributed by atoms with Crippen molar-refractivity contribution in [1.82, 2.24) is 9.73 Å². The van der Waals surface area contributed by atoms with Crippen LogP contribution in [-0.2, 0) is 32.7 Å². The van der Waals surface area contributed by atoms with Gasteiger partial charge in [-0.05, 0) is 73.5 Å². The molecule has 1 aromatic heterocycles. The first-order chi connectivity index (χ1) is 19.5. The number of halogens is 2. The second-order valence-corrected chi connectivity index (χ2v) is 11.9. The zero-order valence-electron chi connectivity index (χ0n) is 22.1. The van der Waals surface area contributed by atoms with E-state index in [1.54, 1.807) is 31.2 Å². The Balaban J connectivity index is 1.44. The van der Waals surface area contributed by atoms with E-state index >= 15 is 0 Å². The Kier molecular flexibility index (Phi) is 9.61. The van der Waals surface area contributed by atoms with Crippen LogP contribution in [0.1, 0.15) is 28.2 Å². The minimum absolute atomic E-state index is 0.0690. The number of aryl methyl sites for hydroxylation is 2. The quantitative estimate of drug-likeness (QED) is 0.143. The highest BCUT2D eigenvalue weighted by Crippen LogP contribution is 2.24. The van der Waals surface area contributed by atoms with Crippen LogP contribution in [-0.4, -0.2) is 30.8 Å². The number of carbonyl (C=O) groups is 2. The summed E-state index contributed by atoms with van der Waals surface area (Å²) in [7, 11) is -3.91. The fourth-order valence-electron chi connectivity index (χ4n) is 3.71. The van der Waals surface area contributed by atoms with E-state index in [-0.39, 0.29) is 23.7 Å². The van der Waals surface area contributed by atoms with Gasteiger partial charge in [-0.25, -0.2) is 13.8 Å². The molecule has 212 valence electrons. The average molecular weight is 614 g/mol. The van der Waals surface area contributed by atoms with E-state index < -0.39 is 21.8 Å². The van der Waals surface area contributed by atoms with E-state index in [4.69, 9.17) is 27.6 Å². The molecule has 0 unspecified atom stereocenters. The minimum atomic E-state index is -3.91. The van der Waals surface area contributed by atoms with Crippen molar-refractivity contribution in [2.24, 2.45) is 5.10 Å². The number of sulfonamides is 1. The summed E-state index contributed by atoms with van der Waals surface area (Å²) in [5.74, 6) is -1.33. The number of benzene rings is 3. The van der Waals surface area contributed by atoms with Crippen LogP contribution < -0.4 is 10.7 Å². The zero-order valence-corrected chi connectivity index (χ0v) is 24.4. The molecule has 4 rings (SSSR count). The zero-order chi connectivity index (χ0) is 29.6. The summed E-state index contributed by atoms with van der Waals surface area (Å²) in [5.41, 5.74) is 5.12. The molecule has 4 aromatic rings. The molecular formula is C29H26Cl2N4O5S. The largest absolute Gasteiger partial charge is 0.459 e. The Hall–Kier alpha value is -3.96. The van der Waals surface area contributed by atoms with E-state index in [9.17, 15) is 18.0 Å². The first-order valence-electron chi connectivity index (χ1n) is 12.3. The Morgan fingerprint density at radius 3 is 2.27 bits per heavy atom. The van der Waals surface area contributed by atoms with Gasteiger partial charge in [0.1, 0.15) is 11.5 Å². The summed E-state index contributed by atoms with van der Waals surface area (Å²) in [4.78, 5) is 24.5. The number of carbonyl (C=O) groups excluding carboxylic acids is 2. The minimum Gasteiger partial charge on any atom is -0.459 e. The molecule has 12 heteroatoms. The molecule has 41 heavy (non-hydrogen) atoms. The highest BCUT2D eigenvalue weighted by molar-refractivity contribution is 7.89. The second-order valence-electron chi connectivity index (χ2n) is 9.13. The van der Waals surface area contributed by atoms with Crippen molar-refractivity contribution in [3.63, 3.8) is 0 Å². The lowest BCUT2D eigenvalue weighted by molar-refractivity contribution is -0.136. The lowest BCUT2D eigenvalue weighted by atomic mass is 10.1. The summed E-state index contributed by atoms with van der Waals surface area (Å²) in [5, 5.41) is 7.08. The van der Waals surface area contributed by atoms with Gasteiger partial charge in [-0.15, -0.1) is 0 Å². The van der Waals surface area contributed by atoms with Crippen molar-refractivity contribution in [1.29, 1.82) is 0 Å². The number of nitrogens with one attached hydrogen (secondary N) is 2. The van der Waals surface area contributed by atoms with Crippen molar-refractivity contribution >= 4 is 56.9 Å². The van der Waals surface area contributed by atoms with Crippen LogP contribution in [0.2, 0.25) is 10.0 Å². The normalized spacial score (nSPS) is 11.6. The van der Waals surface area contributed by atoms with Crippen molar-refractivity contribution < 1.29 is 22.4 Å². The first-order valence-corrected chi connectivity index (χ1v) is 14.5. The fraction of sp³-hybridized carbons (Fsp3) is 0.138. The maximum absolute atomic E-state index is 13.5. The average Bonchev–Trinajstić information content (AvgIpc) is 3.38. The molecule has 0 saturated heterocycles. The summed E-state index contributed by atoms with van der Waals surface area (Å²) >= 11 is 11.9. The molecule has 0 radical (unpaired) electrons. The van der Waals surface area contributed by atoms with Gasteiger partial charge in [-0.1, -0.05) is 59.1 Å². The van der Waals surface area contributed by atoms with E-state index in [0.717, 1.165) is 16.7 Å². The smallest absolute Gasteiger partial charge is 0.329 e. The molecule has 0 aliphatic carbocycles. The second kappa shape index (κ2) is 13.1. The summed E-state index contributed by atoms with van der Waals surface area (Å²) in [6.07, 6.45) is 1.21. The molecule has 9 nitrogen and oxygen atoms in total. The number of amides is 2. The molecule has 0 aliphatic heterocycles. The number of anilines is 1. The predicted octanol–water partition coefficient (Wildman–Crippen LogP) is 5.68. The van der Waals surface area contributed by atoms with Crippen molar-refractivity contribution in [3.05, 3.63) is 117 Å². The van der Waals surface area contributed by atoms with Crippen LogP contribution in [0.3, 0.4) is 0 Å². The molecule has 2 amide bonds. The lowest BCUT2D eigenvalue weighted by Gasteiger charge is -2.21. The summed E-state index contributed by atoms with van der Waals surface area (Å²) < 4.78 is 34.1. The molecule has 3 aromatic carbocycles. The van der Waals surface area contributed by atoms with Crippen LogP contribution in [0, 0.1) is 13.8 Å². The van der Waals surface area contributed by atoms with Crippen molar-refractivity contribution in [2.75, 3.05) is 5.32 Å². The third-order valence-corrected chi connectivity index (χ3v) is 8.25. The molecule has 1 heterocycles. The SMILES string of the molecule is Cc1ccc(CN(Cc2ccc(/C=N/NC(=O)C(=O)Nc3cc(Cl)ccc3C)o2)S(=O)(=O)c2ccc(Cl)cc2)cc1. The molecule has 0 aliphatic rings. The number of hydrogen-bond donors (Lipinski definition) is 2. The van der Waals surface area contributed by atoms with Crippen LogP contribution in [0.5, 0.6) is 0 Å². The highest BCUT2D eigenvalue weighted by Gasteiger charge is 2.26. The van der Waals surface area contributed by atoms with Gasteiger partial charge in [0.25, 0.3) is 0 Å². The van der Waals surface area contributed by atoms with E-state index in [0.29, 0.717) is 21.5 Å². The Morgan fingerprint density at radius 2 is 1.56 bits per heavy atom. The van der Waals surface area contributed by atoms with Gasteiger partial charge in [0, 0.05) is 22.3 Å². The molecule has 0 bridgehead atoms. The number of furan rings is 1. The van der Waals surface area contributed by atoms with Crippen LogP contribution in [0.4, 0.5) is 5.69 Å². The number of hydrazone groups is 1. The van der Waals surface area contributed by atoms with Crippen LogP contribution in [0.25, 0.3) is 0 Å². The Morgan fingerprint density at radius 1 is 0.878 bits per heavy atom. The number of nitrogens with zero attached hydrogens (tertiary/aromatic N) is 2. The van der Waals surface area contributed by atoms with Gasteiger partial charge in [0.05, 0.1) is 17.7 Å². The molecule has 0 atom stereocenters. The maximum atomic E-state index is 13.5. The number of hydrogen-bond acceptors (Lipinski definition) is 6. The monoisotopic (exact) mass is 612 g/mol. The van der Waals surface area contributed by atoms with Gasteiger partial charge < -0.3 is 9.73 Å². The predicted molar refractivity (Wildman–Crippen MR) is 158 cm³/mol. The van der Waals surface area contributed by atoms with E-state index in [1.807, 2.05) is 31.2 Å². The lowest BCUT2D eigenvalue weighted by Crippen LogP contribution is -2.32. The highest BCUT2D eigenvalue weighted by atomic mass is 35.5. The maximum Gasteiger partial charge on any atom is 0.329 e. The van der Waals surface area contributed by atoms with Gasteiger partial charge in [0.15, 0.2) is 0 Å². The molecule has 2 N–H and O–H groups in total. The van der Waals surface area contributed by atoms with E-state index in [2.05, 4.69) is 15.8 Å². The third-order valence-electron chi connectivity index (χ3n) is 5.96. The third kappa shape index (κ3) is 8.05. The van der Waals surface area contributed by atoms with Crippen molar-refractivity contribution in [3.8, 4) is 0 Å². The van der Waals surface area contributed by atoms with Crippen molar-refractivity contribution in [2.45, 2.75) is 31.8 Å².